The van der Waals surface area contributed by atoms with Crippen LogP contribution in [0.2, 0.25) is 0 Å². The van der Waals surface area contributed by atoms with Crippen LogP contribution in [0, 0.1) is 5.82 Å². The number of para-hydroxylation sites is 1. The number of nitrogens with one attached hydrogen (secondary N) is 1. The maximum Gasteiger partial charge on any atom is 0.148 e. The van der Waals surface area contributed by atoms with Gasteiger partial charge in [0.15, 0.2) is 0 Å². The van der Waals surface area contributed by atoms with Crippen LogP contribution in [0.1, 0.15) is 0 Å². The van der Waals surface area contributed by atoms with Crippen LogP contribution in [0.4, 0.5) is 15.9 Å². The Hall–Kier alpha value is -2.80. The molecule has 1 aromatic carbocycles. The molecule has 3 heterocycles. The number of halogens is 1. The number of hydrogen-bond donors (Lipinski definition) is 1. The van der Waals surface area contributed by atoms with E-state index in [4.69, 9.17) is 0 Å². The molecule has 0 spiro atoms. The Bertz CT molecular complexity index is 946. The van der Waals surface area contributed by atoms with Crippen molar-refractivity contribution in [2.45, 2.75) is 0 Å². The predicted octanol–water partition coefficient (Wildman–Crippen LogP) is 3.76. The van der Waals surface area contributed by atoms with Gasteiger partial charge in [-0.1, -0.05) is 12.1 Å². The van der Waals surface area contributed by atoms with Crippen LogP contribution in [-0.2, 0) is 0 Å². The van der Waals surface area contributed by atoms with Crippen LogP contribution < -0.4 is 5.32 Å². The Kier molecular flexibility index (Phi) is 3.05. The number of nitrogens with zero attached hydrogens (tertiary/aromatic N) is 4. The van der Waals surface area contributed by atoms with Gasteiger partial charge in [-0.3, -0.25) is 0 Å². The van der Waals surface area contributed by atoms with E-state index in [0.717, 1.165) is 15.9 Å². The molecule has 1 N–H and O–H groups in total. The van der Waals surface area contributed by atoms with Gasteiger partial charge in [0.25, 0.3) is 0 Å². The lowest BCUT2D eigenvalue weighted by atomic mass is 10.3. The molecule has 0 aliphatic rings. The molecule has 0 aliphatic carbocycles. The molecular formula is C15H10FN5S. The highest BCUT2D eigenvalue weighted by molar-refractivity contribution is 7.16. The van der Waals surface area contributed by atoms with E-state index in [1.807, 2.05) is 11.4 Å². The SMILES string of the molecule is Fc1ccccc1-n1cc(Nc2ncnc3sccc23)cn1. The molecule has 0 aliphatic heterocycles. The summed E-state index contributed by atoms with van der Waals surface area (Å²) >= 11 is 1.55. The first-order valence-electron chi connectivity index (χ1n) is 6.56. The minimum absolute atomic E-state index is 0.320. The number of fused-ring (bicyclic) bond motifs is 1. The van der Waals surface area contributed by atoms with Crippen LogP contribution in [0.15, 0.2) is 54.4 Å². The van der Waals surface area contributed by atoms with E-state index >= 15 is 0 Å². The molecule has 5 nitrogen and oxygen atoms in total. The monoisotopic (exact) mass is 311 g/mol. The Morgan fingerprint density at radius 1 is 1.14 bits per heavy atom. The molecule has 0 amide bonds. The zero-order valence-corrected chi connectivity index (χ0v) is 12.1. The maximum absolute atomic E-state index is 13.8. The van der Waals surface area contributed by atoms with Crippen molar-refractivity contribution in [3.05, 3.63) is 60.3 Å². The Morgan fingerprint density at radius 2 is 2.05 bits per heavy atom. The van der Waals surface area contributed by atoms with Gasteiger partial charge in [-0.05, 0) is 23.6 Å². The summed E-state index contributed by atoms with van der Waals surface area (Å²) in [6.45, 7) is 0. The maximum atomic E-state index is 13.8. The van der Waals surface area contributed by atoms with Crippen LogP contribution in [0.3, 0.4) is 0 Å². The fourth-order valence-electron chi connectivity index (χ4n) is 2.18. The van der Waals surface area contributed by atoms with Crippen molar-refractivity contribution < 1.29 is 4.39 Å². The summed E-state index contributed by atoms with van der Waals surface area (Å²) in [5.74, 6) is 0.388. The zero-order valence-electron chi connectivity index (χ0n) is 11.3. The van der Waals surface area contributed by atoms with Gasteiger partial charge < -0.3 is 5.32 Å². The molecular weight excluding hydrogens is 301 g/mol. The largest absolute Gasteiger partial charge is 0.337 e. The predicted molar refractivity (Wildman–Crippen MR) is 84.2 cm³/mol. The van der Waals surface area contributed by atoms with Crippen LogP contribution in [0.25, 0.3) is 15.9 Å². The third kappa shape index (κ3) is 2.21. The lowest BCUT2D eigenvalue weighted by molar-refractivity contribution is 0.611. The second-order valence-corrected chi connectivity index (χ2v) is 5.51. The van der Waals surface area contributed by atoms with E-state index in [0.29, 0.717) is 11.5 Å². The molecule has 0 fully saturated rings. The summed E-state index contributed by atoms with van der Waals surface area (Å²) in [5.41, 5.74) is 1.13. The van der Waals surface area contributed by atoms with E-state index in [-0.39, 0.29) is 5.82 Å². The molecule has 7 heteroatoms. The number of benzene rings is 1. The van der Waals surface area contributed by atoms with Gasteiger partial charge in [0.1, 0.15) is 28.5 Å². The Morgan fingerprint density at radius 3 is 2.95 bits per heavy atom. The van der Waals surface area contributed by atoms with Crippen molar-refractivity contribution in [3.8, 4) is 5.69 Å². The second-order valence-electron chi connectivity index (χ2n) is 4.61. The normalized spacial score (nSPS) is 11.0. The summed E-state index contributed by atoms with van der Waals surface area (Å²) in [5, 5.41) is 10.3. The van der Waals surface area contributed by atoms with Gasteiger partial charge in [-0.25, -0.2) is 19.0 Å². The van der Waals surface area contributed by atoms with Crippen LogP contribution >= 0.6 is 11.3 Å². The third-order valence-electron chi connectivity index (χ3n) is 3.21. The average molecular weight is 311 g/mol. The highest BCUT2D eigenvalue weighted by Gasteiger charge is 2.08. The highest BCUT2D eigenvalue weighted by Crippen LogP contribution is 2.26. The average Bonchev–Trinajstić information content (AvgIpc) is 3.17. The minimum Gasteiger partial charge on any atom is -0.337 e. The fourth-order valence-corrected chi connectivity index (χ4v) is 2.92. The molecule has 0 unspecified atom stereocenters. The van der Waals surface area contributed by atoms with E-state index in [1.54, 1.807) is 41.9 Å². The topological polar surface area (TPSA) is 55.6 Å². The van der Waals surface area contributed by atoms with Crippen molar-refractivity contribution in [1.82, 2.24) is 19.7 Å². The van der Waals surface area contributed by atoms with E-state index in [1.165, 1.54) is 17.1 Å². The summed E-state index contributed by atoms with van der Waals surface area (Å²) < 4.78 is 15.3. The summed E-state index contributed by atoms with van der Waals surface area (Å²) in [6, 6.07) is 8.46. The first-order chi connectivity index (χ1) is 10.8. The van der Waals surface area contributed by atoms with E-state index < -0.39 is 0 Å². The number of hydrogen-bond acceptors (Lipinski definition) is 5. The van der Waals surface area contributed by atoms with Crippen molar-refractivity contribution in [3.63, 3.8) is 0 Å². The van der Waals surface area contributed by atoms with Crippen molar-refractivity contribution >= 4 is 33.1 Å². The molecule has 4 rings (SSSR count). The quantitative estimate of drug-likeness (QED) is 0.626. The summed E-state index contributed by atoms with van der Waals surface area (Å²) in [6.07, 6.45) is 4.87. The summed E-state index contributed by atoms with van der Waals surface area (Å²) in [7, 11) is 0. The Balaban J connectivity index is 1.68. The van der Waals surface area contributed by atoms with Crippen LogP contribution in [-0.4, -0.2) is 19.7 Å². The van der Waals surface area contributed by atoms with Crippen molar-refractivity contribution in [1.29, 1.82) is 0 Å². The van der Waals surface area contributed by atoms with Gasteiger partial charge in [0.2, 0.25) is 0 Å². The third-order valence-corrected chi connectivity index (χ3v) is 4.03. The molecule has 4 aromatic rings. The standard InChI is InChI=1S/C15H10FN5S/c16-12-3-1-2-4-13(12)21-8-10(7-19-21)20-14-11-5-6-22-15(11)18-9-17-14/h1-9H,(H,17,18,20). The number of rotatable bonds is 3. The molecule has 0 radical (unpaired) electrons. The molecule has 0 saturated carbocycles. The van der Waals surface area contributed by atoms with Crippen molar-refractivity contribution in [2.24, 2.45) is 0 Å². The van der Waals surface area contributed by atoms with Crippen molar-refractivity contribution in [2.75, 3.05) is 5.32 Å². The number of aromatic nitrogens is 4. The van der Waals surface area contributed by atoms with E-state index in [2.05, 4.69) is 20.4 Å². The lowest BCUT2D eigenvalue weighted by Crippen LogP contribution is -1.97. The van der Waals surface area contributed by atoms with Gasteiger partial charge in [-0.2, -0.15) is 5.10 Å². The number of thiophene rings is 1. The van der Waals surface area contributed by atoms with E-state index in [9.17, 15) is 4.39 Å². The second kappa shape index (κ2) is 5.19. The Labute approximate surface area is 129 Å². The van der Waals surface area contributed by atoms with Gasteiger partial charge in [0, 0.05) is 0 Å². The zero-order chi connectivity index (χ0) is 14.9. The first kappa shape index (κ1) is 12.9. The minimum atomic E-state index is -0.320. The van der Waals surface area contributed by atoms with Gasteiger partial charge in [0.05, 0.1) is 23.5 Å². The van der Waals surface area contributed by atoms with Crippen LogP contribution in [0.5, 0.6) is 0 Å². The molecule has 0 atom stereocenters. The number of anilines is 2. The molecule has 0 saturated heterocycles. The molecule has 22 heavy (non-hydrogen) atoms. The first-order valence-corrected chi connectivity index (χ1v) is 7.44. The van der Waals surface area contributed by atoms with Gasteiger partial charge in [-0.15, -0.1) is 11.3 Å². The lowest BCUT2D eigenvalue weighted by Gasteiger charge is -2.04. The fraction of sp³-hybridized carbons (Fsp3) is 0. The molecule has 0 bridgehead atoms. The summed E-state index contributed by atoms with van der Waals surface area (Å²) in [4.78, 5) is 9.37. The highest BCUT2D eigenvalue weighted by atomic mass is 32.1. The van der Waals surface area contributed by atoms with Gasteiger partial charge >= 0.3 is 0 Å². The smallest absolute Gasteiger partial charge is 0.148 e. The molecule has 108 valence electrons. The molecule has 3 aromatic heterocycles.